The van der Waals surface area contributed by atoms with Crippen molar-refractivity contribution >= 4 is 22.6 Å². The zero-order chi connectivity index (χ0) is 15.0. The highest BCUT2D eigenvalue weighted by Gasteiger charge is 2.22. The summed E-state index contributed by atoms with van der Waals surface area (Å²) in [5, 5.41) is 7.94. The molecule has 116 valence electrons. The number of benzene rings is 1. The van der Waals surface area contributed by atoms with E-state index in [1.54, 1.807) is 6.20 Å². The van der Waals surface area contributed by atoms with Gasteiger partial charge in [0.05, 0.1) is 22.3 Å². The van der Waals surface area contributed by atoms with Crippen LogP contribution in [0.1, 0.15) is 26.0 Å². The third kappa shape index (κ3) is 3.78. The Hall–Kier alpha value is -1.51. The Balaban J connectivity index is 0.00000220. The van der Waals surface area contributed by atoms with Gasteiger partial charge >= 0.3 is 10.2 Å². The molecule has 21 heavy (non-hydrogen) atoms. The van der Waals surface area contributed by atoms with E-state index in [0.29, 0.717) is 17.8 Å². The van der Waals surface area contributed by atoms with Crippen LogP contribution in [-0.2, 0) is 15.8 Å². The Morgan fingerprint density at radius 3 is 2.38 bits per heavy atom. The van der Waals surface area contributed by atoms with E-state index in [-0.39, 0.29) is 17.3 Å². The van der Waals surface area contributed by atoms with Crippen molar-refractivity contribution in [3.8, 4) is 5.69 Å². The summed E-state index contributed by atoms with van der Waals surface area (Å²) in [6.45, 7) is 3.79. The molecular formula is C12H16ClFN4O2S. The summed E-state index contributed by atoms with van der Waals surface area (Å²) >= 11 is 0. The largest absolute Gasteiger partial charge is 0.332 e. The predicted molar refractivity (Wildman–Crippen MR) is 78.7 cm³/mol. The van der Waals surface area contributed by atoms with Crippen molar-refractivity contribution < 1.29 is 12.3 Å². The van der Waals surface area contributed by atoms with E-state index in [1.807, 2.05) is 13.8 Å². The molecule has 0 fully saturated rings. The summed E-state index contributed by atoms with van der Waals surface area (Å²) in [4.78, 5) is -0.390. The fraction of sp³-hybridized carbons (Fsp3) is 0.333. The van der Waals surface area contributed by atoms with E-state index in [1.165, 1.54) is 28.9 Å². The second-order valence-corrected chi connectivity index (χ2v) is 6.10. The lowest BCUT2D eigenvalue weighted by molar-refractivity contribution is 0.461. The molecule has 0 saturated heterocycles. The van der Waals surface area contributed by atoms with Crippen LogP contribution >= 0.6 is 12.4 Å². The molecule has 0 radical (unpaired) electrons. The van der Waals surface area contributed by atoms with Crippen molar-refractivity contribution in [2.24, 2.45) is 5.73 Å². The van der Waals surface area contributed by atoms with Crippen molar-refractivity contribution in [2.75, 3.05) is 0 Å². The molecule has 2 rings (SSSR count). The van der Waals surface area contributed by atoms with Crippen molar-refractivity contribution in [1.29, 1.82) is 0 Å². The molecule has 1 unspecified atom stereocenters. The van der Waals surface area contributed by atoms with Crippen LogP contribution in [0.15, 0.2) is 35.4 Å². The van der Waals surface area contributed by atoms with Gasteiger partial charge in [-0.25, -0.2) is 4.68 Å². The summed E-state index contributed by atoms with van der Waals surface area (Å²) in [5.74, 6) is 0. The van der Waals surface area contributed by atoms with Gasteiger partial charge < -0.3 is 5.73 Å². The van der Waals surface area contributed by atoms with Crippen LogP contribution < -0.4 is 5.73 Å². The van der Waals surface area contributed by atoms with Gasteiger partial charge in [0.2, 0.25) is 0 Å². The first kappa shape index (κ1) is 17.5. The Morgan fingerprint density at radius 2 is 1.90 bits per heavy atom. The first-order valence-electron chi connectivity index (χ1n) is 6.01. The highest BCUT2D eigenvalue weighted by Crippen LogP contribution is 2.20. The molecule has 1 atom stereocenters. The summed E-state index contributed by atoms with van der Waals surface area (Å²) < 4.78 is 35.7. The highest BCUT2D eigenvalue weighted by molar-refractivity contribution is 7.86. The van der Waals surface area contributed by atoms with Gasteiger partial charge in [0.15, 0.2) is 0 Å². The minimum absolute atomic E-state index is 0. The normalized spacial score (nSPS) is 14.3. The van der Waals surface area contributed by atoms with Gasteiger partial charge in [-0.1, -0.05) is 12.1 Å². The van der Waals surface area contributed by atoms with Gasteiger partial charge in [0, 0.05) is 0 Å². The van der Waals surface area contributed by atoms with Crippen molar-refractivity contribution in [1.82, 2.24) is 15.0 Å². The zero-order valence-corrected chi connectivity index (χ0v) is 13.2. The first-order valence-corrected chi connectivity index (χ1v) is 7.39. The summed E-state index contributed by atoms with van der Waals surface area (Å²) in [6.07, 6.45) is 2.37. The molecule has 0 amide bonds. The van der Waals surface area contributed by atoms with Gasteiger partial charge in [0.1, 0.15) is 5.69 Å². The molecule has 1 aromatic carbocycles. The molecular weight excluding hydrogens is 319 g/mol. The van der Waals surface area contributed by atoms with Gasteiger partial charge in [-0.3, -0.25) is 0 Å². The third-order valence-corrected chi connectivity index (χ3v) is 4.03. The Labute approximate surface area is 128 Å². The Kier molecular flexibility index (Phi) is 5.08. The number of hydrogen-bond acceptors (Lipinski definition) is 5. The quantitative estimate of drug-likeness (QED) is 0.863. The molecule has 0 saturated carbocycles. The molecule has 0 aliphatic carbocycles. The number of halogens is 2. The van der Waals surface area contributed by atoms with Crippen LogP contribution in [0.25, 0.3) is 5.69 Å². The lowest BCUT2D eigenvalue weighted by Crippen LogP contribution is -2.32. The molecule has 0 aliphatic rings. The SMILES string of the molecule is CCC(C)(N)c1cn(-c2ccc(S(=O)(=O)F)cc2)nn1.Cl. The average Bonchev–Trinajstić information content (AvgIpc) is 2.88. The molecule has 9 heteroatoms. The molecule has 2 aromatic rings. The standard InChI is InChI=1S/C12H15FN4O2S.ClH/c1-3-12(2,14)11-8-17(16-15-11)9-4-6-10(7-5-9)20(13,18)19;/h4-8H,3,14H2,1-2H3;1H. The summed E-state index contributed by atoms with van der Waals surface area (Å²) in [7, 11) is -4.69. The van der Waals surface area contributed by atoms with Crippen molar-refractivity contribution in [2.45, 2.75) is 30.7 Å². The van der Waals surface area contributed by atoms with Gasteiger partial charge in [-0.15, -0.1) is 21.4 Å². The number of hydrogen-bond donors (Lipinski definition) is 1. The highest BCUT2D eigenvalue weighted by atomic mass is 35.5. The minimum atomic E-state index is -4.69. The van der Waals surface area contributed by atoms with Crippen LogP contribution in [0.3, 0.4) is 0 Å². The van der Waals surface area contributed by atoms with E-state index >= 15 is 0 Å². The predicted octanol–water partition coefficient (Wildman–Crippen LogP) is 1.93. The molecule has 6 nitrogen and oxygen atoms in total. The molecule has 1 aromatic heterocycles. The Morgan fingerprint density at radius 1 is 1.33 bits per heavy atom. The minimum Gasteiger partial charge on any atom is -0.320 e. The molecule has 0 bridgehead atoms. The number of aromatic nitrogens is 3. The summed E-state index contributed by atoms with van der Waals surface area (Å²) in [5.41, 5.74) is 6.68. The third-order valence-electron chi connectivity index (χ3n) is 3.20. The van der Waals surface area contributed by atoms with Crippen molar-refractivity contribution in [3.63, 3.8) is 0 Å². The molecule has 1 heterocycles. The fourth-order valence-electron chi connectivity index (χ4n) is 1.59. The van der Waals surface area contributed by atoms with E-state index < -0.39 is 15.8 Å². The van der Waals surface area contributed by atoms with E-state index in [9.17, 15) is 12.3 Å². The monoisotopic (exact) mass is 334 g/mol. The van der Waals surface area contributed by atoms with Gasteiger partial charge in [-0.2, -0.15) is 8.42 Å². The van der Waals surface area contributed by atoms with Crippen molar-refractivity contribution in [3.05, 3.63) is 36.2 Å². The first-order chi connectivity index (χ1) is 9.24. The van der Waals surface area contributed by atoms with Crippen LogP contribution in [0.5, 0.6) is 0 Å². The van der Waals surface area contributed by atoms with Crippen LogP contribution in [0.4, 0.5) is 3.89 Å². The maximum absolute atomic E-state index is 12.8. The molecule has 0 aliphatic heterocycles. The molecule has 0 spiro atoms. The van der Waals surface area contributed by atoms with Crippen LogP contribution in [0.2, 0.25) is 0 Å². The summed E-state index contributed by atoms with van der Waals surface area (Å²) in [6, 6.07) is 5.25. The Bertz CT molecular complexity index is 713. The maximum Gasteiger partial charge on any atom is 0.332 e. The lowest BCUT2D eigenvalue weighted by Gasteiger charge is -2.18. The van der Waals surface area contributed by atoms with E-state index in [0.717, 1.165) is 0 Å². The number of rotatable bonds is 4. The van der Waals surface area contributed by atoms with Gasteiger partial charge in [-0.05, 0) is 37.6 Å². The number of nitrogens with zero attached hydrogens (tertiary/aromatic N) is 3. The molecule has 2 N–H and O–H groups in total. The lowest BCUT2D eigenvalue weighted by atomic mass is 9.97. The zero-order valence-electron chi connectivity index (χ0n) is 11.5. The second-order valence-electron chi connectivity index (χ2n) is 4.75. The fourth-order valence-corrected chi connectivity index (χ4v) is 2.06. The van der Waals surface area contributed by atoms with Gasteiger partial charge in [0.25, 0.3) is 0 Å². The maximum atomic E-state index is 12.8. The smallest absolute Gasteiger partial charge is 0.320 e. The van der Waals surface area contributed by atoms with E-state index in [4.69, 9.17) is 5.73 Å². The number of nitrogens with two attached hydrogens (primary N) is 1. The topological polar surface area (TPSA) is 90.9 Å². The van der Waals surface area contributed by atoms with E-state index in [2.05, 4.69) is 10.3 Å². The van der Waals surface area contributed by atoms with Crippen LogP contribution in [0, 0.1) is 0 Å². The average molecular weight is 335 g/mol. The second kappa shape index (κ2) is 6.08. The van der Waals surface area contributed by atoms with Crippen LogP contribution in [-0.4, -0.2) is 23.4 Å².